The van der Waals surface area contributed by atoms with E-state index in [9.17, 15) is 0 Å². The van der Waals surface area contributed by atoms with Crippen LogP contribution in [0.3, 0.4) is 0 Å². The molecule has 0 saturated carbocycles. The molecule has 1 aliphatic rings. The number of rotatable bonds is 6. The van der Waals surface area contributed by atoms with Crippen LogP contribution < -0.4 is 5.32 Å². The minimum Gasteiger partial charge on any atom is -0.357 e. The molecule has 2 heterocycles. The van der Waals surface area contributed by atoms with Crippen LogP contribution in [0.4, 0.5) is 0 Å². The van der Waals surface area contributed by atoms with Crippen LogP contribution in [-0.2, 0) is 12.8 Å². The summed E-state index contributed by atoms with van der Waals surface area (Å²) in [5.41, 5.74) is 1.42. The summed E-state index contributed by atoms with van der Waals surface area (Å²) >= 11 is 0. The topological polar surface area (TPSA) is 66.5 Å². The lowest BCUT2D eigenvalue weighted by molar-refractivity contribution is 0.375. The number of likely N-dealkylation sites (tertiary alicyclic amines) is 1. The molecule has 2 aromatic rings. The average Bonchev–Trinajstić information content (AvgIpc) is 3.24. The molecule has 1 N–H and O–H groups in total. The number of benzene rings is 1. The Kier molecular flexibility index (Phi) is 6.04. The molecule has 0 bridgehead atoms. The number of aromatic nitrogens is 2. The highest BCUT2D eigenvalue weighted by Crippen LogP contribution is 2.20. The highest BCUT2D eigenvalue weighted by Gasteiger charge is 2.24. The monoisotopic (exact) mass is 341 g/mol. The Hall–Kier alpha value is -2.37. The van der Waals surface area contributed by atoms with Gasteiger partial charge >= 0.3 is 0 Å². The van der Waals surface area contributed by atoms with Gasteiger partial charge in [-0.3, -0.25) is 4.99 Å². The second-order valence-electron chi connectivity index (χ2n) is 6.51. The molecule has 1 aromatic heterocycles. The Morgan fingerprint density at radius 2 is 2.20 bits per heavy atom. The summed E-state index contributed by atoms with van der Waals surface area (Å²) in [6.45, 7) is 7.58. The van der Waals surface area contributed by atoms with Gasteiger partial charge in [-0.05, 0) is 38.2 Å². The first-order chi connectivity index (χ1) is 12.2. The molecule has 1 unspecified atom stereocenters. The van der Waals surface area contributed by atoms with Crippen molar-refractivity contribution in [2.24, 2.45) is 10.9 Å². The molecule has 0 spiro atoms. The molecule has 134 valence electrons. The van der Waals surface area contributed by atoms with E-state index in [2.05, 4.69) is 57.6 Å². The molecule has 6 heteroatoms. The highest BCUT2D eigenvalue weighted by molar-refractivity contribution is 5.80. The lowest BCUT2D eigenvalue weighted by Gasteiger charge is -2.21. The maximum Gasteiger partial charge on any atom is 0.228 e. The second kappa shape index (κ2) is 8.65. The minimum atomic E-state index is 0.653. The van der Waals surface area contributed by atoms with Crippen molar-refractivity contribution in [3.63, 3.8) is 0 Å². The quantitative estimate of drug-likeness (QED) is 0.646. The van der Waals surface area contributed by atoms with Crippen molar-refractivity contribution in [3.05, 3.63) is 47.6 Å². The van der Waals surface area contributed by atoms with Gasteiger partial charge in [0.05, 0.1) is 6.54 Å². The Morgan fingerprint density at radius 1 is 1.36 bits per heavy atom. The van der Waals surface area contributed by atoms with Gasteiger partial charge < -0.3 is 14.7 Å². The van der Waals surface area contributed by atoms with Gasteiger partial charge in [-0.2, -0.15) is 4.98 Å². The van der Waals surface area contributed by atoms with Crippen molar-refractivity contribution in [3.8, 4) is 0 Å². The largest absolute Gasteiger partial charge is 0.357 e. The zero-order valence-electron chi connectivity index (χ0n) is 15.1. The summed E-state index contributed by atoms with van der Waals surface area (Å²) in [6.07, 6.45) is 3.02. The van der Waals surface area contributed by atoms with Crippen LogP contribution in [0, 0.1) is 12.8 Å². The van der Waals surface area contributed by atoms with Crippen LogP contribution in [0.2, 0.25) is 0 Å². The second-order valence-corrected chi connectivity index (χ2v) is 6.51. The van der Waals surface area contributed by atoms with Crippen molar-refractivity contribution >= 4 is 5.96 Å². The summed E-state index contributed by atoms with van der Waals surface area (Å²) in [5, 5.41) is 7.23. The molecular weight excluding hydrogens is 314 g/mol. The normalized spacial score (nSPS) is 17.9. The lowest BCUT2D eigenvalue weighted by Crippen LogP contribution is -2.40. The lowest BCUT2D eigenvalue weighted by atomic mass is 9.99. The van der Waals surface area contributed by atoms with Gasteiger partial charge in [0, 0.05) is 26.1 Å². The number of aryl methyl sites for hydroxylation is 1. The zero-order valence-corrected chi connectivity index (χ0v) is 15.1. The van der Waals surface area contributed by atoms with Crippen molar-refractivity contribution in [1.82, 2.24) is 20.4 Å². The molecule has 0 radical (unpaired) electrons. The number of aliphatic imine (C=N–C) groups is 1. The smallest absolute Gasteiger partial charge is 0.228 e. The molecule has 1 fully saturated rings. The summed E-state index contributed by atoms with van der Waals surface area (Å²) in [5.74, 6) is 3.01. The average molecular weight is 341 g/mol. The Bertz CT molecular complexity index is 682. The van der Waals surface area contributed by atoms with E-state index in [0.29, 0.717) is 30.6 Å². The van der Waals surface area contributed by atoms with Crippen LogP contribution in [-0.4, -0.2) is 47.2 Å². The zero-order chi connectivity index (χ0) is 17.5. The summed E-state index contributed by atoms with van der Waals surface area (Å²) < 4.78 is 5.15. The standard InChI is InChI=1S/C19H27N5O/c1-3-20-19(21-11-9-18-22-15(2)23-25-18)24-12-10-17(14-24)13-16-7-5-4-6-8-16/h4-8,17H,3,9-14H2,1-2H3,(H,20,21). The molecule has 0 amide bonds. The molecule has 25 heavy (non-hydrogen) atoms. The van der Waals surface area contributed by atoms with Crippen molar-refractivity contribution in [2.75, 3.05) is 26.2 Å². The molecule has 3 rings (SSSR count). The fraction of sp³-hybridized carbons (Fsp3) is 0.526. The third kappa shape index (κ3) is 5.05. The van der Waals surface area contributed by atoms with Gasteiger partial charge in [0.25, 0.3) is 0 Å². The molecule has 1 atom stereocenters. The van der Waals surface area contributed by atoms with Crippen LogP contribution in [0.5, 0.6) is 0 Å². The van der Waals surface area contributed by atoms with E-state index in [0.717, 1.165) is 32.0 Å². The van der Waals surface area contributed by atoms with Gasteiger partial charge in [0.1, 0.15) is 0 Å². The molecule has 1 aliphatic heterocycles. The number of nitrogens with zero attached hydrogens (tertiary/aromatic N) is 4. The van der Waals surface area contributed by atoms with E-state index in [1.807, 2.05) is 6.92 Å². The summed E-state index contributed by atoms with van der Waals surface area (Å²) in [7, 11) is 0. The van der Waals surface area contributed by atoms with Gasteiger partial charge in [-0.1, -0.05) is 35.5 Å². The van der Waals surface area contributed by atoms with Crippen LogP contribution in [0.25, 0.3) is 0 Å². The molecule has 1 aromatic carbocycles. The molecule has 0 aliphatic carbocycles. The third-order valence-corrected chi connectivity index (χ3v) is 4.44. The van der Waals surface area contributed by atoms with Crippen LogP contribution in [0.1, 0.15) is 30.6 Å². The fourth-order valence-corrected chi connectivity index (χ4v) is 3.26. The number of nitrogens with one attached hydrogen (secondary N) is 1. The van der Waals surface area contributed by atoms with Crippen molar-refractivity contribution in [2.45, 2.75) is 33.1 Å². The summed E-state index contributed by atoms with van der Waals surface area (Å²) in [4.78, 5) is 11.3. The molecule has 1 saturated heterocycles. The predicted molar refractivity (Wildman–Crippen MR) is 98.5 cm³/mol. The number of hydrogen-bond donors (Lipinski definition) is 1. The van der Waals surface area contributed by atoms with Gasteiger partial charge in [0.2, 0.25) is 5.89 Å². The first-order valence-corrected chi connectivity index (χ1v) is 9.11. The van der Waals surface area contributed by atoms with E-state index < -0.39 is 0 Å². The maximum absolute atomic E-state index is 5.15. The first kappa shape index (κ1) is 17.5. The Morgan fingerprint density at radius 3 is 2.92 bits per heavy atom. The van der Waals surface area contributed by atoms with Gasteiger partial charge in [-0.15, -0.1) is 0 Å². The van der Waals surface area contributed by atoms with Gasteiger partial charge in [-0.25, -0.2) is 0 Å². The fourth-order valence-electron chi connectivity index (χ4n) is 3.26. The van der Waals surface area contributed by atoms with E-state index >= 15 is 0 Å². The van der Waals surface area contributed by atoms with Crippen molar-refractivity contribution < 1.29 is 4.52 Å². The molecular formula is C19H27N5O. The first-order valence-electron chi connectivity index (χ1n) is 9.11. The molecule has 6 nitrogen and oxygen atoms in total. The summed E-state index contributed by atoms with van der Waals surface area (Å²) in [6, 6.07) is 10.7. The van der Waals surface area contributed by atoms with Crippen LogP contribution >= 0.6 is 0 Å². The number of hydrogen-bond acceptors (Lipinski definition) is 4. The van der Waals surface area contributed by atoms with E-state index in [1.165, 1.54) is 12.0 Å². The number of guanidine groups is 1. The SMILES string of the molecule is CCNC(=NCCc1nc(C)no1)N1CCC(Cc2ccccc2)C1. The van der Waals surface area contributed by atoms with E-state index in [-0.39, 0.29) is 0 Å². The van der Waals surface area contributed by atoms with E-state index in [4.69, 9.17) is 9.52 Å². The highest BCUT2D eigenvalue weighted by atomic mass is 16.5. The minimum absolute atomic E-state index is 0.653. The third-order valence-electron chi connectivity index (χ3n) is 4.44. The van der Waals surface area contributed by atoms with Gasteiger partial charge in [0.15, 0.2) is 11.8 Å². The maximum atomic E-state index is 5.15. The Balaban J connectivity index is 1.54. The predicted octanol–water partition coefficient (Wildman–Crippen LogP) is 2.45. The van der Waals surface area contributed by atoms with Crippen LogP contribution in [0.15, 0.2) is 39.8 Å². The Labute approximate surface area is 149 Å². The van der Waals surface area contributed by atoms with Crippen molar-refractivity contribution in [1.29, 1.82) is 0 Å². The van der Waals surface area contributed by atoms with E-state index in [1.54, 1.807) is 0 Å².